The van der Waals surface area contributed by atoms with Crippen LogP contribution in [0.5, 0.6) is 5.75 Å². The van der Waals surface area contributed by atoms with E-state index in [0.29, 0.717) is 5.15 Å². The number of rotatable bonds is 3. The molecular formula is C13H15ClN2O. The Bertz CT molecular complexity index is 534. The van der Waals surface area contributed by atoms with E-state index < -0.39 is 0 Å². The van der Waals surface area contributed by atoms with E-state index in [-0.39, 0.29) is 0 Å². The standard InChI is InChI=1S/C13H15ClN2O/c1-4-12-9(2)15-16(13(12)14)10-6-5-7-11(8-10)17-3/h5-8H,4H2,1-3H3. The van der Waals surface area contributed by atoms with Crippen molar-refractivity contribution in [3.63, 3.8) is 0 Å². The summed E-state index contributed by atoms with van der Waals surface area (Å²) in [4.78, 5) is 0. The minimum atomic E-state index is 0.679. The average molecular weight is 251 g/mol. The highest BCUT2D eigenvalue weighted by atomic mass is 35.5. The molecule has 0 spiro atoms. The zero-order chi connectivity index (χ0) is 12.4. The maximum absolute atomic E-state index is 6.32. The van der Waals surface area contributed by atoms with Crippen LogP contribution in [0, 0.1) is 6.92 Å². The number of nitrogens with zero attached hydrogens (tertiary/aromatic N) is 2. The molecule has 0 atom stereocenters. The summed E-state index contributed by atoms with van der Waals surface area (Å²) in [6.07, 6.45) is 0.884. The number of methoxy groups -OCH3 is 1. The van der Waals surface area contributed by atoms with Crippen LogP contribution in [-0.4, -0.2) is 16.9 Å². The van der Waals surface area contributed by atoms with Gasteiger partial charge in [0.05, 0.1) is 18.5 Å². The van der Waals surface area contributed by atoms with Crippen molar-refractivity contribution < 1.29 is 4.74 Å². The molecule has 1 heterocycles. The minimum Gasteiger partial charge on any atom is -0.497 e. The highest BCUT2D eigenvalue weighted by molar-refractivity contribution is 6.30. The molecule has 1 aromatic carbocycles. The van der Waals surface area contributed by atoms with Crippen molar-refractivity contribution >= 4 is 11.6 Å². The summed E-state index contributed by atoms with van der Waals surface area (Å²) in [5.41, 5.74) is 2.98. The molecule has 90 valence electrons. The zero-order valence-corrected chi connectivity index (χ0v) is 11.0. The first-order valence-electron chi connectivity index (χ1n) is 5.55. The van der Waals surface area contributed by atoms with Gasteiger partial charge in [-0.3, -0.25) is 0 Å². The summed E-state index contributed by atoms with van der Waals surface area (Å²) in [5.74, 6) is 0.796. The van der Waals surface area contributed by atoms with Crippen LogP contribution in [0.2, 0.25) is 5.15 Å². The summed E-state index contributed by atoms with van der Waals surface area (Å²) >= 11 is 6.32. The average Bonchev–Trinajstić information content (AvgIpc) is 2.64. The van der Waals surface area contributed by atoms with Gasteiger partial charge in [-0.05, 0) is 25.5 Å². The van der Waals surface area contributed by atoms with Crippen LogP contribution in [0.3, 0.4) is 0 Å². The summed E-state index contributed by atoms with van der Waals surface area (Å²) < 4.78 is 6.94. The molecule has 2 aromatic rings. The third-order valence-corrected chi connectivity index (χ3v) is 3.16. The van der Waals surface area contributed by atoms with E-state index in [4.69, 9.17) is 16.3 Å². The van der Waals surface area contributed by atoms with Crippen LogP contribution in [-0.2, 0) is 6.42 Å². The Hall–Kier alpha value is -1.48. The third kappa shape index (κ3) is 2.15. The van der Waals surface area contributed by atoms with Gasteiger partial charge >= 0.3 is 0 Å². The normalized spacial score (nSPS) is 10.6. The second-order valence-electron chi connectivity index (χ2n) is 3.82. The highest BCUT2D eigenvalue weighted by Crippen LogP contribution is 2.25. The Balaban J connectivity index is 2.52. The molecule has 0 fully saturated rings. The number of halogens is 1. The number of ether oxygens (including phenoxy) is 1. The lowest BCUT2D eigenvalue weighted by molar-refractivity contribution is 0.414. The second kappa shape index (κ2) is 4.80. The number of hydrogen-bond donors (Lipinski definition) is 0. The molecular weight excluding hydrogens is 236 g/mol. The fraction of sp³-hybridized carbons (Fsp3) is 0.308. The number of aromatic nitrogens is 2. The summed E-state index contributed by atoms with van der Waals surface area (Å²) in [6.45, 7) is 4.05. The molecule has 0 amide bonds. The Morgan fingerprint density at radius 1 is 1.41 bits per heavy atom. The largest absolute Gasteiger partial charge is 0.497 e. The Labute approximate surface area is 106 Å². The fourth-order valence-electron chi connectivity index (χ4n) is 1.85. The number of aryl methyl sites for hydroxylation is 1. The van der Waals surface area contributed by atoms with Crippen molar-refractivity contribution in [1.82, 2.24) is 9.78 Å². The zero-order valence-electron chi connectivity index (χ0n) is 10.2. The van der Waals surface area contributed by atoms with E-state index in [0.717, 1.165) is 29.1 Å². The van der Waals surface area contributed by atoms with Gasteiger partial charge in [0.2, 0.25) is 0 Å². The molecule has 0 N–H and O–H groups in total. The Morgan fingerprint density at radius 3 is 2.76 bits per heavy atom. The maximum atomic E-state index is 6.32. The number of benzene rings is 1. The molecule has 4 heteroatoms. The highest BCUT2D eigenvalue weighted by Gasteiger charge is 2.13. The predicted molar refractivity (Wildman–Crippen MR) is 69.2 cm³/mol. The van der Waals surface area contributed by atoms with Gasteiger partial charge < -0.3 is 4.74 Å². The van der Waals surface area contributed by atoms with E-state index in [1.165, 1.54) is 0 Å². The maximum Gasteiger partial charge on any atom is 0.136 e. The van der Waals surface area contributed by atoms with E-state index in [9.17, 15) is 0 Å². The number of hydrogen-bond acceptors (Lipinski definition) is 2. The first kappa shape index (κ1) is 12.0. The van der Waals surface area contributed by atoms with Crippen molar-refractivity contribution in [3.05, 3.63) is 40.7 Å². The molecule has 0 bridgehead atoms. The predicted octanol–water partition coefficient (Wildman–Crippen LogP) is 3.41. The molecule has 0 aliphatic rings. The fourth-order valence-corrected chi connectivity index (χ4v) is 2.25. The van der Waals surface area contributed by atoms with Crippen LogP contribution in [0.25, 0.3) is 5.69 Å². The van der Waals surface area contributed by atoms with Crippen LogP contribution < -0.4 is 4.74 Å². The van der Waals surface area contributed by atoms with Crippen molar-refractivity contribution in [2.45, 2.75) is 20.3 Å². The first-order valence-corrected chi connectivity index (χ1v) is 5.93. The molecule has 0 saturated carbocycles. The van der Waals surface area contributed by atoms with E-state index >= 15 is 0 Å². The smallest absolute Gasteiger partial charge is 0.136 e. The molecule has 1 aromatic heterocycles. The lowest BCUT2D eigenvalue weighted by Gasteiger charge is -2.05. The van der Waals surface area contributed by atoms with Crippen molar-refractivity contribution in [2.75, 3.05) is 7.11 Å². The van der Waals surface area contributed by atoms with Gasteiger partial charge in [-0.25, -0.2) is 4.68 Å². The molecule has 0 saturated heterocycles. The summed E-state index contributed by atoms with van der Waals surface area (Å²) in [7, 11) is 1.65. The van der Waals surface area contributed by atoms with E-state index in [1.807, 2.05) is 31.2 Å². The molecule has 0 unspecified atom stereocenters. The van der Waals surface area contributed by atoms with Gasteiger partial charge in [0.1, 0.15) is 10.9 Å². The van der Waals surface area contributed by atoms with E-state index in [1.54, 1.807) is 11.8 Å². The first-order chi connectivity index (χ1) is 8.17. The van der Waals surface area contributed by atoms with Crippen molar-refractivity contribution in [1.29, 1.82) is 0 Å². The minimum absolute atomic E-state index is 0.679. The van der Waals surface area contributed by atoms with Gasteiger partial charge in [0.25, 0.3) is 0 Å². The van der Waals surface area contributed by atoms with Crippen LogP contribution in [0.4, 0.5) is 0 Å². The third-order valence-electron chi connectivity index (χ3n) is 2.77. The van der Waals surface area contributed by atoms with Gasteiger partial charge in [-0.15, -0.1) is 0 Å². The van der Waals surface area contributed by atoms with Crippen LogP contribution in [0.1, 0.15) is 18.2 Å². The molecule has 0 aliphatic carbocycles. The van der Waals surface area contributed by atoms with Gasteiger partial charge in [-0.1, -0.05) is 24.6 Å². The Kier molecular flexibility index (Phi) is 3.38. The monoisotopic (exact) mass is 250 g/mol. The second-order valence-corrected chi connectivity index (χ2v) is 4.18. The quantitative estimate of drug-likeness (QED) is 0.835. The lowest BCUT2D eigenvalue weighted by atomic mass is 10.2. The van der Waals surface area contributed by atoms with Gasteiger partial charge in [0, 0.05) is 11.6 Å². The topological polar surface area (TPSA) is 27.1 Å². The SMILES string of the molecule is CCc1c(C)nn(-c2cccc(OC)c2)c1Cl. The summed E-state index contributed by atoms with van der Waals surface area (Å²) in [5, 5.41) is 5.13. The van der Waals surface area contributed by atoms with Gasteiger partial charge in [-0.2, -0.15) is 5.10 Å². The van der Waals surface area contributed by atoms with Crippen molar-refractivity contribution in [3.8, 4) is 11.4 Å². The molecule has 3 nitrogen and oxygen atoms in total. The lowest BCUT2D eigenvalue weighted by Crippen LogP contribution is -1.97. The van der Waals surface area contributed by atoms with E-state index in [2.05, 4.69) is 12.0 Å². The van der Waals surface area contributed by atoms with Crippen LogP contribution >= 0.6 is 11.6 Å². The molecule has 2 rings (SSSR count). The molecule has 0 aliphatic heterocycles. The molecule has 0 radical (unpaired) electrons. The van der Waals surface area contributed by atoms with Crippen molar-refractivity contribution in [2.24, 2.45) is 0 Å². The van der Waals surface area contributed by atoms with Gasteiger partial charge in [0.15, 0.2) is 0 Å². The molecule has 17 heavy (non-hydrogen) atoms. The Morgan fingerprint density at radius 2 is 2.18 bits per heavy atom. The van der Waals surface area contributed by atoms with Crippen LogP contribution in [0.15, 0.2) is 24.3 Å². The summed E-state index contributed by atoms with van der Waals surface area (Å²) in [6, 6.07) is 7.69.